The molecule has 2 N–H and O–H groups in total. The molecule has 1 saturated heterocycles. The monoisotopic (exact) mass is 316 g/mol. The van der Waals surface area contributed by atoms with Gasteiger partial charge < -0.3 is 19.7 Å². The summed E-state index contributed by atoms with van der Waals surface area (Å²) in [5.74, 6) is 0.340. The van der Waals surface area contributed by atoms with E-state index in [1.807, 2.05) is 0 Å². The molecule has 0 aromatic carbocycles. The van der Waals surface area contributed by atoms with Crippen molar-refractivity contribution in [3.05, 3.63) is 46.1 Å². The summed E-state index contributed by atoms with van der Waals surface area (Å²) in [6.45, 7) is 2.22. The number of aromatic nitrogens is 2. The molecule has 0 aliphatic carbocycles. The summed E-state index contributed by atoms with van der Waals surface area (Å²) in [4.78, 5) is 40.0. The molecule has 0 spiro atoms. The molecule has 2 aromatic rings. The van der Waals surface area contributed by atoms with Gasteiger partial charge in [0, 0.05) is 24.9 Å². The third kappa shape index (κ3) is 3.15. The second-order valence-corrected chi connectivity index (χ2v) is 5.41. The van der Waals surface area contributed by atoms with Gasteiger partial charge in [0.2, 0.25) is 11.5 Å². The van der Waals surface area contributed by atoms with Crippen LogP contribution in [0.25, 0.3) is 0 Å². The zero-order chi connectivity index (χ0) is 16.4. The number of nitrogens with zero attached hydrogens (tertiary/aromatic N) is 2. The maximum atomic E-state index is 12.5. The first-order valence-corrected chi connectivity index (χ1v) is 7.28. The molecule has 8 heteroatoms. The molecule has 3 heterocycles. The van der Waals surface area contributed by atoms with Gasteiger partial charge in [-0.05, 0) is 25.8 Å². The maximum Gasteiger partial charge on any atom is 0.256 e. The molecule has 1 aliphatic rings. The van der Waals surface area contributed by atoms with Crippen LogP contribution in [0.1, 0.15) is 29.0 Å². The summed E-state index contributed by atoms with van der Waals surface area (Å²) < 4.78 is 4.90. The van der Waals surface area contributed by atoms with Gasteiger partial charge in [-0.3, -0.25) is 14.4 Å². The van der Waals surface area contributed by atoms with Gasteiger partial charge >= 0.3 is 0 Å². The van der Waals surface area contributed by atoms with Gasteiger partial charge in [0.15, 0.2) is 5.82 Å². The molecule has 1 aliphatic heterocycles. The van der Waals surface area contributed by atoms with Crippen molar-refractivity contribution in [2.75, 3.05) is 11.9 Å². The Balaban J connectivity index is 1.74. The van der Waals surface area contributed by atoms with E-state index in [-0.39, 0.29) is 17.4 Å². The number of amides is 2. The normalized spacial score (nSPS) is 17.3. The SMILES string of the molecule is Cc1cc(NC(=O)C2CCCN2C(=O)c2ccc(=O)[nH]c2)no1. The lowest BCUT2D eigenvalue weighted by Gasteiger charge is -2.23. The molecule has 1 fully saturated rings. The van der Waals surface area contributed by atoms with E-state index in [1.54, 1.807) is 13.0 Å². The summed E-state index contributed by atoms with van der Waals surface area (Å²) >= 11 is 0. The lowest BCUT2D eigenvalue weighted by Crippen LogP contribution is -2.43. The number of aryl methyl sites for hydroxylation is 1. The lowest BCUT2D eigenvalue weighted by molar-refractivity contribution is -0.119. The minimum absolute atomic E-state index is 0.279. The molecule has 2 amide bonds. The fourth-order valence-corrected chi connectivity index (χ4v) is 2.63. The van der Waals surface area contributed by atoms with E-state index >= 15 is 0 Å². The van der Waals surface area contributed by atoms with E-state index in [4.69, 9.17) is 4.52 Å². The number of likely N-dealkylation sites (tertiary alicyclic amines) is 1. The number of pyridine rings is 1. The Bertz CT molecular complexity index is 774. The van der Waals surface area contributed by atoms with E-state index in [2.05, 4.69) is 15.5 Å². The Kier molecular flexibility index (Phi) is 3.96. The molecule has 0 bridgehead atoms. The van der Waals surface area contributed by atoms with Crippen LogP contribution in [-0.4, -0.2) is 39.4 Å². The van der Waals surface area contributed by atoms with E-state index in [0.717, 1.165) is 6.42 Å². The Morgan fingerprint density at radius 3 is 2.91 bits per heavy atom. The molecule has 120 valence electrons. The minimum atomic E-state index is -0.563. The van der Waals surface area contributed by atoms with Crippen LogP contribution < -0.4 is 10.9 Å². The number of aromatic amines is 1. The molecule has 0 saturated carbocycles. The predicted molar refractivity (Wildman–Crippen MR) is 81.0 cm³/mol. The lowest BCUT2D eigenvalue weighted by atomic mass is 10.2. The quantitative estimate of drug-likeness (QED) is 0.875. The first-order valence-electron chi connectivity index (χ1n) is 7.28. The Morgan fingerprint density at radius 2 is 2.26 bits per heavy atom. The standard InChI is InChI=1S/C15H16N4O4/c1-9-7-12(18-23-9)17-14(21)11-3-2-6-19(11)15(22)10-4-5-13(20)16-8-10/h4-5,7-8,11H,2-3,6H2,1H3,(H,16,20)(H,17,18,21). The van der Waals surface area contributed by atoms with Gasteiger partial charge in [0.05, 0.1) is 5.56 Å². The van der Waals surface area contributed by atoms with Crippen LogP contribution in [0.4, 0.5) is 5.82 Å². The van der Waals surface area contributed by atoms with Crippen LogP contribution in [0.3, 0.4) is 0 Å². The Labute approximate surface area is 131 Å². The predicted octanol–water partition coefficient (Wildman–Crippen LogP) is 0.915. The van der Waals surface area contributed by atoms with Crippen LogP contribution in [0, 0.1) is 6.92 Å². The first kappa shape index (κ1) is 15.0. The highest BCUT2D eigenvalue weighted by molar-refractivity contribution is 6.01. The third-order valence-corrected chi connectivity index (χ3v) is 3.73. The maximum absolute atomic E-state index is 12.5. The van der Waals surface area contributed by atoms with E-state index in [9.17, 15) is 14.4 Å². The molecule has 23 heavy (non-hydrogen) atoms. The zero-order valence-corrected chi connectivity index (χ0v) is 12.5. The highest BCUT2D eigenvalue weighted by Gasteiger charge is 2.34. The molecule has 1 atom stereocenters. The van der Waals surface area contributed by atoms with Gasteiger partial charge in [0.1, 0.15) is 11.8 Å². The minimum Gasteiger partial charge on any atom is -0.360 e. The van der Waals surface area contributed by atoms with Crippen LogP contribution in [0.5, 0.6) is 0 Å². The summed E-state index contributed by atoms with van der Waals surface area (Å²) in [7, 11) is 0. The van der Waals surface area contributed by atoms with Crippen LogP contribution in [0.15, 0.2) is 33.7 Å². The summed E-state index contributed by atoms with van der Waals surface area (Å²) in [5.41, 5.74) is 0.0697. The molecular weight excluding hydrogens is 300 g/mol. The van der Waals surface area contributed by atoms with Gasteiger partial charge in [0.25, 0.3) is 5.91 Å². The fraction of sp³-hybridized carbons (Fsp3) is 0.333. The van der Waals surface area contributed by atoms with Gasteiger partial charge in [-0.25, -0.2) is 0 Å². The van der Waals surface area contributed by atoms with Crippen molar-refractivity contribution in [3.63, 3.8) is 0 Å². The van der Waals surface area contributed by atoms with Crippen molar-refractivity contribution < 1.29 is 14.1 Å². The van der Waals surface area contributed by atoms with Gasteiger partial charge in [-0.2, -0.15) is 0 Å². The van der Waals surface area contributed by atoms with Crippen molar-refractivity contribution in [3.8, 4) is 0 Å². The van der Waals surface area contributed by atoms with Gasteiger partial charge in [-0.1, -0.05) is 5.16 Å². The molecule has 2 aromatic heterocycles. The van der Waals surface area contributed by atoms with Crippen LogP contribution >= 0.6 is 0 Å². The zero-order valence-electron chi connectivity index (χ0n) is 12.5. The number of hydrogen-bond donors (Lipinski definition) is 2. The average molecular weight is 316 g/mol. The van der Waals surface area contributed by atoms with E-state index in [0.29, 0.717) is 30.1 Å². The van der Waals surface area contributed by atoms with Crippen molar-refractivity contribution in [2.45, 2.75) is 25.8 Å². The molecule has 8 nitrogen and oxygen atoms in total. The largest absolute Gasteiger partial charge is 0.360 e. The topological polar surface area (TPSA) is 108 Å². The van der Waals surface area contributed by atoms with E-state index in [1.165, 1.54) is 23.2 Å². The summed E-state index contributed by atoms with van der Waals surface area (Å²) in [5, 5.41) is 6.37. The van der Waals surface area contributed by atoms with Crippen molar-refractivity contribution >= 4 is 17.6 Å². The van der Waals surface area contributed by atoms with E-state index < -0.39 is 6.04 Å². The molecule has 0 radical (unpaired) electrons. The number of hydrogen-bond acceptors (Lipinski definition) is 5. The Morgan fingerprint density at radius 1 is 1.43 bits per heavy atom. The highest BCUT2D eigenvalue weighted by atomic mass is 16.5. The smallest absolute Gasteiger partial charge is 0.256 e. The number of H-pyrrole nitrogens is 1. The molecular formula is C15H16N4O4. The third-order valence-electron chi connectivity index (χ3n) is 3.73. The number of nitrogens with one attached hydrogen (secondary N) is 2. The number of anilines is 1. The number of carbonyl (C=O) groups is 2. The van der Waals surface area contributed by atoms with Gasteiger partial charge in [-0.15, -0.1) is 0 Å². The second kappa shape index (κ2) is 6.07. The average Bonchev–Trinajstić information content (AvgIpc) is 3.16. The molecule has 1 unspecified atom stereocenters. The van der Waals surface area contributed by atoms with Crippen molar-refractivity contribution in [1.29, 1.82) is 0 Å². The van der Waals surface area contributed by atoms with Crippen molar-refractivity contribution in [2.24, 2.45) is 0 Å². The van der Waals surface area contributed by atoms with Crippen molar-refractivity contribution in [1.82, 2.24) is 15.0 Å². The summed E-state index contributed by atoms with van der Waals surface area (Å²) in [6, 6.07) is 3.79. The second-order valence-electron chi connectivity index (χ2n) is 5.41. The number of carbonyl (C=O) groups excluding carboxylic acids is 2. The number of rotatable bonds is 3. The molecule has 3 rings (SSSR count). The first-order chi connectivity index (χ1) is 11.0. The van der Waals surface area contributed by atoms with Crippen LogP contribution in [0.2, 0.25) is 0 Å². The Hall–Kier alpha value is -2.90. The van der Waals surface area contributed by atoms with Crippen LogP contribution in [-0.2, 0) is 4.79 Å². The fourth-order valence-electron chi connectivity index (χ4n) is 2.63. The highest BCUT2D eigenvalue weighted by Crippen LogP contribution is 2.21. The summed E-state index contributed by atoms with van der Waals surface area (Å²) in [6.07, 6.45) is 2.68.